The van der Waals surface area contributed by atoms with Gasteiger partial charge in [0.2, 0.25) is 0 Å². The number of carbonyl (C=O) groups is 2. The van der Waals surface area contributed by atoms with Crippen LogP contribution in [0, 0.1) is 12.8 Å². The number of aryl methyl sites for hydroxylation is 1. The lowest BCUT2D eigenvalue weighted by Gasteiger charge is -2.23. The summed E-state index contributed by atoms with van der Waals surface area (Å²) >= 11 is 1.70. The van der Waals surface area contributed by atoms with Gasteiger partial charge in [-0.1, -0.05) is 17.7 Å². The fourth-order valence-electron chi connectivity index (χ4n) is 2.97. The zero-order valence-electron chi connectivity index (χ0n) is 15.3. The highest BCUT2D eigenvalue weighted by atomic mass is 32.2. The SMILES string of the molecule is COC(=O)C[C@H]1C(Sc2ccc([11CH3])cc2)CN(C)[C@@H]1C(=O)OC.C[18F]. The van der Waals surface area contributed by atoms with Crippen LogP contribution in [0.25, 0.3) is 0 Å². The first-order valence-corrected chi connectivity index (χ1v) is 8.80. The number of nitrogens with zero attached hydrogens (tertiary/aromatic N) is 1. The molecule has 25 heavy (non-hydrogen) atoms. The Hall–Kier alpha value is -1.60. The van der Waals surface area contributed by atoms with Crippen molar-refractivity contribution >= 4 is 23.7 Å². The van der Waals surface area contributed by atoms with Gasteiger partial charge in [-0.15, -0.1) is 11.8 Å². The van der Waals surface area contributed by atoms with E-state index in [4.69, 9.17) is 9.47 Å². The highest BCUT2D eigenvalue weighted by Crippen LogP contribution is 2.39. The monoisotopic (exact) mass is 369 g/mol. The van der Waals surface area contributed by atoms with Gasteiger partial charge in [-0.3, -0.25) is 18.9 Å². The maximum absolute atomic E-state index is 12.1. The van der Waals surface area contributed by atoms with Crippen molar-refractivity contribution in [3.8, 4) is 0 Å². The predicted molar refractivity (Wildman–Crippen MR) is 96.4 cm³/mol. The van der Waals surface area contributed by atoms with Crippen LogP contribution in [-0.4, -0.2) is 63.1 Å². The highest BCUT2D eigenvalue weighted by molar-refractivity contribution is 8.00. The summed E-state index contributed by atoms with van der Waals surface area (Å²) in [5, 5.41) is 0.130. The molecule has 5 nitrogen and oxygen atoms in total. The number of carbonyl (C=O) groups excluding carboxylic acids is 2. The molecule has 0 radical (unpaired) electrons. The minimum Gasteiger partial charge on any atom is -0.469 e. The third-order valence-electron chi connectivity index (χ3n) is 4.21. The third-order valence-corrected chi connectivity index (χ3v) is 5.55. The second kappa shape index (κ2) is 10.4. The first-order valence-electron chi connectivity index (χ1n) is 7.92. The molecule has 0 aromatic heterocycles. The van der Waals surface area contributed by atoms with Crippen molar-refractivity contribution in [3.63, 3.8) is 0 Å². The van der Waals surface area contributed by atoms with Crippen molar-refractivity contribution in [3.05, 3.63) is 29.8 Å². The van der Waals surface area contributed by atoms with E-state index >= 15 is 0 Å². The molecule has 0 amide bonds. The number of esters is 2. The van der Waals surface area contributed by atoms with E-state index in [2.05, 4.69) is 24.3 Å². The Kier molecular flexibility index (Phi) is 8.92. The number of rotatable bonds is 5. The first kappa shape index (κ1) is 21.4. The Bertz CT molecular complexity index is 567. The Balaban J connectivity index is 0.00000151. The van der Waals surface area contributed by atoms with Gasteiger partial charge in [0.05, 0.1) is 27.8 Å². The second-order valence-electron chi connectivity index (χ2n) is 5.82. The van der Waals surface area contributed by atoms with Gasteiger partial charge < -0.3 is 9.47 Å². The minimum atomic E-state index is -0.415. The number of likely N-dealkylation sites (N-methyl/N-ethyl adjacent to an activating group) is 1. The van der Waals surface area contributed by atoms with E-state index in [-0.39, 0.29) is 29.5 Å². The van der Waals surface area contributed by atoms with E-state index in [0.29, 0.717) is 7.18 Å². The van der Waals surface area contributed by atoms with E-state index in [0.717, 1.165) is 11.4 Å². The molecule has 0 saturated carbocycles. The third kappa shape index (κ3) is 5.71. The molecule has 1 aliphatic heterocycles. The topological polar surface area (TPSA) is 55.8 Å². The number of hydrogen-bond donors (Lipinski definition) is 0. The summed E-state index contributed by atoms with van der Waals surface area (Å²) in [7, 11) is 5.14. The Morgan fingerprint density at radius 1 is 1.20 bits per heavy atom. The normalized spacial score (nSPS) is 22.7. The number of halogens is 1. The molecular formula is C18H26FNO4S. The van der Waals surface area contributed by atoms with Gasteiger partial charge in [0.25, 0.3) is 0 Å². The average molecular weight is 369 g/mol. The Morgan fingerprint density at radius 2 is 1.80 bits per heavy atom. The summed E-state index contributed by atoms with van der Waals surface area (Å²) in [4.78, 5) is 27.0. The van der Waals surface area contributed by atoms with Gasteiger partial charge in [0, 0.05) is 22.6 Å². The first-order chi connectivity index (χ1) is 12.0. The van der Waals surface area contributed by atoms with Gasteiger partial charge in [0.15, 0.2) is 0 Å². The Morgan fingerprint density at radius 3 is 2.32 bits per heavy atom. The van der Waals surface area contributed by atoms with Crippen molar-refractivity contribution in [2.24, 2.45) is 5.92 Å². The van der Waals surface area contributed by atoms with Gasteiger partial charge in [-0.25, -0.2) is 0 Å². The number of ether oxygens (including phenoxy) is 2. The van der Waals surface area contributed by atoms with E-state index < -0.39 is 6.04 Å². The summed E-state index contributed by atoms with van der Waals surface area (Å²) in [5.74, 6) is -0.728. The van der Waals surface area contributed by atoms with Crippen molar-refractivity contribution in [1.29, 1.82) is 0 Å². The summed E-state index contributed by atoms with van der Waals surface area (Å²) < 4.78 is 19.2. The minimum absolute atomic E-state index is 0.130. The standard InChI is InChI=1S/C17H23NO4S.CH3F/c1-11-5-7-12(8-6-11)23-14-10-18(2)16(17(20)22-4)13(14)9-15(19)21-3;1-2/h5-8,13-14,16H,9-10H2,1-4H3;1H3/t13-,14?,16-;/m0./s1/i1-1;2-1. The molecule has 0 N–H and O–H groups in total. The zero-order valence-corrected chi connectivity index (χ0v) is 16.1. The molecule has 1 aromatic rings. The molecular weight excluding hydrogens is 343 g/mol. The van der Waals surface area contributed by atoms with Gasteiger partial charge in [0.1, 0.15) is 6.04 Å². The molecule has 1 unspecified atom stereocenters. The number of alkyl halides is 1. The maximum atomic E-state index is 12.1. The highest BCUT2D eigenvalue weighted by Gasteiger charge is 2.46. The lowest BCUT2D eigenvalue weighted by molar-refractivity contribution is -0.148. The van der Waals surface area contributed by atoms with E-state index in [1.165, 1.54) is 19.8 Å². The molecule has 7 heteroatoms. The van der Waals surface area contributed by atoms with E-state index in [1.807, 2.05) is 18.9 Å². The molecule has 2 rings (SSSR count). The van der Waals surface area contributed by atoms with Crippen molar-refractivity contribution in [2.75, 3.05) is 35.0 Å². The van der Waals surface area contributed by atoms with Crippen LogP contribution in [0.1, 0.15) is 12.0 Å². The summed E-state index contributed by atoms with van der Waals surface area (Å²) in [6.07, 6.45) is 0.212. The van der Waals surface area contributed by atoms with Crippen LogP contribution in [0.3, 0.4) is 0 Å². The number of likely N-dealkylation sites (tertiary alicyclic amines) is 1. The summed E-state index contributed by atoms with van der Waals surface area (Å²) in [5.41, 5.74) is 1.21. The van der Waals surface area contributed by atoms with Crippen LogP contribution >= 0.6 is 11.8 Å². The van der Waals surface area contributed by atoms with Crippen LogP contribution in [0.15, 0.2) is 29.2 Å². The number of benzene rings is 1. The van der Waals surface area contributed by atoms with E-state index in [9.17, 15) is 14.0 Å². The van der Waals surface area contributed by atoms with Crippen LogP contribution < -0.4 is 0 Å². The van der Waals surface area contributed by atoms with Gasteiger partial charge in [-0.2, -0.15) is 0 Å². The molecule has 1 saturated heterocycles. The van der Waals surface area contributed by atoms with Crippen LogP contribution in [0.4, 0.5) is 4.39 Å². The lowest BCUT2D eigenvalue weighted by atomic mass is 9.96. The van der Waals surface area contributed by atoms with Crippen LogP contribution in [0.2, 0.25) is 0 Å². The molecule has 0 spiro atoms. The molecule has 0 bridgehead atoms. The number of thioether (sulfide) groups is 1. The summed E-state index contributed by atoms with van der Waals surface area (Å²) in [6.45, 7) is 2.77. The van der Waals surface area contributed by atoms with Gasteiger partial charge in [-0.05, 0) is 26.1 Å². The molecule has 1 heterocycles. The number of methoxy groups -OCH3 is 2. The van der Waals surface area contributed by atoms with Crippen LogP contribution in [-0.2, 0) is 19.1 Å². The smallest absolute Gasteiger partial charge is 0.323 e. The average Bonchev–Trinajstić information content (AvgIpc) is 2.92. The number of hydrogen-bond acceptors (Lipinski definition) is 6. The van der Waals surface area contributed by atoms with E-state index in [1.54, 1.807) is 11.8 Å². The van der Waals surface area contributed by atoms with Crippen LogP contribution in [0.5, 0.6) is 0 Å². The molecule has 1 aromatic carbocycles. The predicted octanol–water partition coefficient (Wildman–Crippen LogP) is 2.71. The lowest BCUT2D eigenvalue weighted by Crippen LogP contribution is -2.39. The molecule has 140 valence electrons. The fraction of sp³-hybridized carbons (Fsp3) is 0.556. The molecule has 1 fully saturated rings. The maximum Gasteiger partial charge on any atom is 0.323 e. The molecule has 1 aliphatic rings. The van der Waals surface area contributed by atoms with Crippen molar-refractivity contribution in [1.82, 2.24) is 4.90 Å². The quantitative estimate of drug-likeness (QED) is 0.744. The molecule has 0 aliphatic carbocycles. The summed E-state index contributed by atoms with van der Waals surface area (Å²) in [6, 6.07) is 7.85. The van der Waals surface area contributed by atoms with Gasteiger partial charge >= 0.3 is 11.9 Å². The second-order valence-corrected chi connectivity index (χ2v) is 7.13. The van der Waals surface area contributed by atoms with Crippen molar-refractivity contribution < 1.29 is 23.5 Å². The largest absolute Gasteiger partial charge is 0.469 e. The zero-order chi connectivity index (χ0) is 19.0. The Labute approximate surface area is 152 Å². The molecule has 3 atom stereocenters. The fourth-order valence-corrected chi connectivity index (χ4v) is 4.35. The van der Waals surface area contributed by atoms with Crippen molar-refractivity contribution in [2.45, 2.75) is 29.5 Å².